The van der Waals surface area contributed by atoms with Gasteiger partial charge >= 0.3 is 0 Å². The van der Waals surface area contributed by atoms with Gasteiger partial charge in [0.2, 0.25) is 0 Å². The van der Waals surface area contributed by atoms with Crippen LogP contribution in [-0.4, -0.2) is 35.2 Å². The van der Waals surface area contributed by atoms with Crippen molar-refractivity contribution in [3.8, 4) is 0 Å². The fourth-order valence-corrected chi connectivity index (χ4v) is 3.15. The van der Waals surface area contributed by atoms with Crippen molar-refractivity contribution in [2.75, 3.05) is 6.61 Å². The fourth-order valence-electron chi connectivity index (χ4n) is 3.15. The molecule has 2 atom stereocenters. The number of nitrogens with zero attached hydrogens (tertiary/aromatic N) is 1. The first kappa shape index (κ1) is 8.25. The molecule has 1 spiro atoms. The minimum Gasteiger partial charge on any atom is -0.373 e. The second kappa shape index (κ2) is 2.48. The maximum Gasteiger partial charge on any atom is 0.0700 e. The summed E-state index contributed by atoms with van der Waals surface area (Å²) < 4.78 is 5.99. The maximum atomic E-state index is 5.99. The predicted octanol–water partition coefficient (Wildman–Crippen LogP) is 1.79. The second-order valence-corrected chi connectivity index (χ2v) is 5.28. The first-order valence-electron chi connectivity index (χ1n) is 5.62. The van der Waals surface area contributed by atoms with Gasteiger partial charge in [-0.25, -0.2) is 0 Å². The van der Waals surface area contributed by atoms with Gasteiger partial charge in [-0.2, -0.15) is 0 Å². The summed E-state index contributed by atoms with van der Waals surface area (Å²) in [4.78, 5) is 2.66. The SMILES string of the molecule is CC(C)N1C2COC3(CC3)CC1C2. The molecule has 13 heavy (non-hydrogen) atoms. The normalized spacial score (nSPS) is 41.8. The Kier molecular flexibility index (Phi) is 1.58. The highest BCUT2D eigenvalue weighted by Gasteiger charge is 2.54. The van der Waals surface area contributed by atoms with E-state index in [9.17, 15) is 0 Å². The van der Waals surface area contributed by atoms with Crippen molar-refractivity contribution in [3.05, 3.63) is 0 Å². The van der Waals surface area contributed by atoms with E-state index in [2.05, 4.69) is 18.7 Å². The lowest BCUT2D eigenvalue weighted by Gasteiger charge is -2.49. The highest BCUT2D eigenvalue weighted by Crippen LogP contribution is 2.50. The van der Waals surface area contributed by atoms with Crippen molar-refractivity contribution in [1.82, 2.24) is 4.90 Å². The molecule has 2 heteroatoms. The zero-order valence-electron chi connectivity index (χ0n) is 8.62. The van der Waals surface area contributed by atoms with Gasteiger partial charge in [0, 0.05) is 18.1 Å². The Bertz CT molecular complexity index is 222. The average molecular weight is 181 g/mol. The van der Waals surface area contributed by atoms with Crippen LogP contribution in [0.3, 0.4) is 0 Å². The van der Waals surface area contributed by atoms with Crippen molar-refractivity contribution < 1.29 is 4.74 Å². The Morgan fingerprint density at radius 3 is 2.69 bits per heavy atom. The molecule has 4 fully saturated rings. The lowest BCUT2D eigenvalue weighted by Crippen LogP contribution is -2.59. The summed E-state index contributed by atoms with van der Waals surface area (Å²) in [5.74, 6) is 0. The van der Waals surface area contributed by atoms with Crippen LogP contribution in [0.4, 0.5) is 0 Å². The van der Waals surface area contributed by atoms with Crippen molar-refractivity contribution in [1.29, 1.82) is 0 Å². The molecular formula is C11H19NO. The van der Waals surface area contributed by atoms with Crippen LogP contribution < -0.4 is 0 Å². The second-order valence-electron chi connectivity index (χ2n) is 5.28. The monoisotopic (exact) mass is 181 g/mol. The van der Waals surface area contributed by atoms with E-state index in [-0.39, 0.29) is 0 Å². The summed E-state index contributed by atoms with van der Waals surface area (Å²) in [6.45, 7) is 5.61. The molecule has 0 aromatic carbocycles. The maximum absolute atomic E-state index is 5.99. The van der Waals surface area contributed by atoms with Crippen molar-refractivity contribution in [3.63, 3.8) is 0 Å². The summed E-state index contributed by atoms with van der Waals surface area (Å²) in [7, 11) is 0. The van der Waals surface area contributed by atoms with Crippen molar-refractivity contribution >= 4 is 0 Å². The molecule has 1 aliphatic carbocycles. The van der Waals surface area contributed by atoms with E-state index in [1.54, 1.807) is 0 Å². The van der Waals surface area contributed by atoms with Gasteiger partial charge in [-0.1, -0.05) is 0 Å². The molecule has 1 saturated carbocycles. The molecule has 4 rings (SSSR count). The molecule has 2 nitrogen and oxygen atoms in total. The van der Waals surface area contributed by atoms with Crippen LogP contribution >= 0.6 is 0 Å². The molecule has 3 aliphatic heterocycles. The Morgan fingerprint density at radius 2 is 2.08 bits per heavy atom. The molecule has 0 amide bonds. The van der Waals surface area contributed by atoms with Crippen molar-refractivity contribution in [2.24, 2.45) is 0 Å². The standard InChI is InChI=1S/C11H19NO/c1-8(2)12-9-5-10(12)7-13-11(6-9)3-4-11/h8-10H,3-7H2,1-2H3. The Balaban J connectivity index is 1.76. The Labute approximate surface area is 80.2 Å². The third-order valence-corrected chi connectivity index (χ3v) is 3.98. The van der Waals surface area contributed by atoms with Gasteiger partial charge in [-0.3, -0.25) is 4.90 Å². The molecule has 0 radical (unpaired) electrons. The first-order valence-corrected chi connectivity index (χ1v) is 5.62. The van der Waals surface area contributed by atoms with Crippen LogP contribution in [0.25, 0.3) is 0 Å². The van der Waals surface area contributed by atoms with Gasteiger partial charge < -0.3 is 4.74 Å². The van der Waals surface area contributed by atoms with Gasteiger partial charge in [0.05, 0.1) is 12.2 Å². The van der Waals surface area contributed by atoms with E-state index in [4.69, 9.17) is 4.74 Å². The molecule has 2 unspecified atom stereocenters. The summed E-state index contributed by atoms with van der Waals surface area (Å²) in [6, 6.07) is 2.29. The van der Waals surface area contributed by atoms with E-state index in [1.165, 1.54) is 25.7 Å². The highest BCUT2D eigenvalue weighted by molar-refractivity contribution is 5.08. The lowest BCUT2D eigenvalue weighted by molar-refractivity contribution is -0.0233. The van der Waals surface area contributed by atoms with Gasteiger partial charge in [-0.05, 0) is 39.5 Å². The third kappa shape index (κ3) is 1.15. The van der Waals surface area contributed by atoms with Crippen LogP contribution in [-0.2, 0) is 4.74 Å². The number of fused-ring (bicyclic) bond motifs is 1. The molecule has 74 valence electrons. The van der Waals surface area contributed by atoms with Crippen LogP contribution in [0.2, 0.25) is 0 Å². The summed E-state index contributed by atoms with van der Waals surface area (Å²) in [6.07, 6.45) is 5.34. The smallest absolute Gasteiger partial charge is 0.0700 e. The minimum atomic E-state index is 0.350. The van der Waals surface area contributed by atoms with Gasteiger partial charge in [-0.15, -0.1) is 0 Å². The van der Waals surface area contributed by atoms with Gasteiger partial charge in [0.1, 0.15) is 0 Å². The van der Waals surface area contributed by atoms with Crippen LogP contribution in [0.15, 0.2) is 0 Å². The van der Waals surface area contributed by atoms with Gasteiger partial charge in [0.15, 0.2) is 0 Å². The van der Waals surface area contributed by atoms with E-state index < -0.39 is 0 Å². The topological polar surface area (TPSA) is 12.5 Å². The molecule has 0 aromatic rings. The van der Waals surface area contributed by atoms with E-state index in [1.807, 2.05) is 0 Å². The van der Waals surface area contributed by atoms with Crippen LogP contribution in [0.5, 0.6) is 0 Å². The van der Waals surface area contributed by atoms with Crippen LogP contribution in [0.1, 0.15) is 39.5 Å². The third-order valence-electron chi connectivity index (χ3n) is 3.98. The summed E-state index contributed by atoms with van der Waals surface area (Å²) in [5.41, 5.74) is 0.350. The zero-order chi connectivity index (χ0) is 9.05. The minimum absolute atomic E-state index is 0.350. The summed E-state index contributed by atoms with van der Waals surface area (Å²) >= 11 is 0. The highest BCUT2D eigenvalue weighted by atomic mass is 16.5. The number of rotatable bonds is 1. The lowest BCUT2D eigenvalue weighted by atomic mass is 9.88. The predicted molar refractivity (Wildman–Crippen MR) is 51.7 cm³/mol. The fraction of sp³-hybridized carbons (Fsp3) is 1.00. The average Bonchev–Trinajstić information content (AvgIpc) is 2.79. The Hall–Kier alpha value is -0.0800. The largest absolute Gasteiger partial charge is 0.373 e. The molecule has 3 saturated heterocycles. The first-order chi connectivity index (χ1) is 6.20. The molecular weight excluding hydrogens is 162 g/mol. The number of ether oxygens (including phenoxy) is 1. The molecule has 2 bridgehead atoms. The van der Waals surface area contributed by atoms with E-state index in [0.29, 0.717) is 11.6 Å². The van der Waals surface area contributed by atoms with Crippen molar-refractivity contribution in [2.45, 2.75) is 63.3 Å². The van der Waals surface area contributed by atoms with Crippen LogP contribution in [0, 0.1) is 0 Å². The van der Waals surface area contributed by atoms with E-state index in [0.717, 1.165) is 18.7 Å². The molecule has 0 aromatic heterocycles. The number of hydrogen-bond donors (Lipinski definition) is 0. The Morgan fingerprint density at radius 1 is 1.31 bits per heavy atom. The number of hydrogen-bond acceptors (Lipinski definition) is 2. The quantitative estimate of drug-likeness (QED) is 0.611. The molecule has 0 N–H and O–H groups in total. The van der Waals surface area contributed by atoms with Gasteiger partial charge in [0.25, 0.3) is 0 Å². The molecule has 4 aliphatic rings. The summed E-state index contributed by atoms with van der Waals surface area (Å²) in [5, 5.41) is 0. The zero-order valence-corrected chi connectivity index (χ0v) is 8.62. The van der Waals surface area contributed by atoms with E-state index >= 15 is 0 Å². The molecule has 3 heterocycles.